The minimum atomic E-state index is -4.25. The van der Waals surface area contributed by atoms with Gasteiger partial charge in [-0.3, -0.25) is 9.56 Å². The van der Waals surface area contributed by atoms with Crippen LogP contribution in [0.4, 0.5) is 0 Å². The van der Waals surface area contributed by atoms with Crippen molar-refractivity contribution in [2.24, 2.45) is 5.10 Å². The topological polar surface area (TPSA) is 70.0 Å². The van der Waals surface area contributed by atoms with E-state index in [0.717, 1.165) is 50.6 Å². The molecule has 0 aromatic heterocycles. The molecule has 120 valence electrons. The molecule has 0 radical (unpaired) electrons. The lowest BCUT2D eigenvalue weighted by atomic mass is 9.77. The van der Waals surface area contributed by atoms with Gasteiger partial charge in [-0.25, -0.2) is 0 Å². The highest BCUT2D eigenvalue weighted by Gasteiger charge is 2.43. The van der Waals surface area contributed by atoms with E-state index in [4.69, 9.17) is 0 Å². The molecule has 2 aliphatic rings. The van der Waals surface area contributed by atoms with Crippen molar-refractivity contribution in [3.8, 4) is 0 Å². The third-order valence-electron chi connectivity index (χ3n) is 4.76. The molecular weight excluding hydrogens is 300 g/mol. The van der Waals surface area contributed by atoms with Crippen LogP contribution in [0.1, 0.15) is 49.7 Å². The van der Waals surface area contributed by atoms with E-state index in [1.165, 1.54) is 6.07 Å². The molecule has 2 heterocycles. The largest absolute Gasteiger partial charge is 0.294 e. The standard InChI is InChI=1S/C16H22N2O3S/c1-13-6-7-15(22(19,20)21)14(12-13)16-8-2-4-10-17-18(16)11-5-3-9-16/h6-7,10,12H,2-5,8-9,11H2,1H3,(H,19,20,21). The van der Waals surface area contributed by atoms with E-state index in [0.29, 0.717) is 5.56 Å². The minimum absolute atomic E-state index is 0.0297. The van der Waals surface area contributed by atoms with Gasteiger partial charge in [0.2, 0.25) is 0 Å². The van der Waals surface area contributed by atoms with Gasteiger partial charge in [-0.1, -0.05) is 17.7 Å². The lowest BCUT2D eigenvalue weighted by Gasteiger charge is -2.46. The van der Waals surface area contributed by atoms with Gasteiger partial charge in [-0.05, 0) is 51.5 Å². The summed E-state index contributed by atoms with van der Waals surface area (Å²) in [5.41, 5.74) is 1.28. The summed E-state index contributed by atoms with van der Waals surface area (Å²) in [6.45, 7) is 2.77. The van der Waals surface area contributed by atoms with Gasteiger partial charge >= 0.3 is 0 Å². The molecule has 3 rings (SSSR count). The van der Waals surface area contributed by atoms with E-state index in [1.54, 1.807) is 6.07 Å². The molecular formula is C16H22N2O3S. The summed E-state index contributed by atoms with van der Waals surface area (Å²) in [6, 6.07) is 5.16. The van der Waals surface area contributed by atoms with Crippen molar-refractivity contribution in [1.82, 2.24) is 5.01 Å². The molecule has 2 aliphatic heterocycles. The third kappa shape index (κ3) is 2.65. The molecule has 1 N–H and O–H groups in total. The fraction of sp³-hybridized carbons (Fsp3) is 0.562. The predicted molar refractivity (Wildman–Crippen MR) is 85.6 cm³/mol. The third-order valence-corrected chi connectivity index (χ3v) is 5.68. The van der Waals surface area contributed by atoms with Crippen LogP contribution in [0.2, 0.25) is 0 Å². The number of benzene rings is 1. The maximum Gasteiger partial charge on any atom is 0.294 e. The van der Waals surface area contributed by atoms with Crippen LogP contribution in [0.15, 0.2) is 28.2 Å². The molecule has 1 saturated heterocycles. The average molecular weight is 322 g/mol. The first-order valence-electron chi connectivity index (χ1n) is 7.82. The van der Waals surface area contributed by atoms with Crippen LogP contribution in [0, 0.1) is 6.92 Å². The van der Waals surface area contributed by atoms with E-state index in [-0.39, 0.29) is 4.90 Å². The number of rotatable bonds is 2. The first-order valence-corrected chi connectivity index (χ1v) is 9.26. The molecule has 0 spiro atoms. The molecule has 6 heteroatoms. The van der Waals surface area contributed by atoms with Gasteiger partial charge < -0.3 is 0 Å². The van der Waals surface area contributed by atoms with Crippen molar-refractivity contribution >= 4 is 16.3 Å². The number of nitrogens with zero attached hydrogens (tertiary/aromatic N) is 2. The Morgan fingerprint density at radius 3 is 2.77 bits per heavy atom. The Balaban J connectivity index is 2.22. The van der Waals surface area contributed by atoms with Crippen LogP contribution >= 0.6 is 0 Å². The summed E-state index contributed by atoms with van der Waals surface area (Å²) >= 11 is 0. The monoisotopic (exact) mass is 322 g/mol. The number of piperidine rings is 1. The minimum Gasteiger partial charge on any atom is -0.287 e. The van der Waals surface area contributed by atoms with Crippen molar-refractivity contribution in [1.29, 1.82) is 0 Å². The Bertz CT molecular complexity index is 699. The molecule has 0 aliphatic carbocycles. The molecule has 1 unspecified atom stereocenters. The van der Waals surface area contributed by atoms with Crippen molar-refractivity contribution in [2.45, 2.75) is 55.9 Å². The maximum absolute atomic E-state index is 11.9. The SMILES string of the molecule is Cc1ccc(S(=O)(=O)O)c(C23CCCC=NN2CCCC3)c1. The van der Waals surface area contributed by atoms with Crippen LogP contribution in [0.5, 0.6) is 0 Å². The second kappa shape index (κ2) is 5.66. The van der Waals surface area contributed by atoms with E-state index in [2.05, 4.69) is 5.10 Å². The Kier molecular flexibility index (Phi) is 3.99. The summed E-state index contributed by atoms with van der Waals surface area (Å²) in [6.07, 6.45) is 7.65. The second-order valence-corrected chi connectivity index (χ2v) is 7.67. The Hall–Kier alpha value is -1.40. The number of hydrazone groups is 1. The maximum atomic E-state index is 11.9. The van der Waals surface area contributed by atoms with Crippen molar-refractivity contribution in [3.63, 3.8) is 0 Å². The lowest BCUT2D eigenvalue weighted by Crippen LogP contribution is -2.46. The van der Waals surface area contributed by atoms with Gasteiger partial charge in [-0.15, -0.1) is 0 Å². The van der Waals surface area contributed by atoms with Crippen molar-refractivity contribution in [3.05, 3.63) is 29.3 Å². The highest BCUT2D eigenvalue weighted by Crippen LogP contribution is 2.45. The summed E-state index contributed by atoms with van der Waals surface area (Å²) in [5.74, 6) is 0. The van der Waals surface area contributed by atoms with Crippen LogP contribution in [0.25, 0.3) is 0 Å². The first-order chi connectivity index (χ1) is 10.4. The smallest absolute Gasteiger partial charge is 0.287 e. The number of hydrogen-bond donors (Lipinski definition) is 1. The zero-order chi connectivity index (χ0) is 15.8. The quantitative estimate of drug-likeness (QED) is 0.850. The Morgan fingerprint density at radius 1 is 1.23 bits per heavy atom. The molecule has 1 fully saturated rings. The van der Waals surface area contributed by atoms with E-state index in [9.17, 15) is 13.0 Å². The summed E-state index contributed by atoms with van der Waals surface area (Å²) in [7, 11) is -4.25. The van der Waals surface area contributed by atoms with Crippen LogP contribution < -0.4 is 0 Å². The average Bonchev–Trinajstić information content (AvgIpc) is 2.69. The zero-order valence-electron chi connectivity index (χ0n) is 12.8. The lowest BCUT2D eigenvalue weighted by molar-refractivity contribution is 0.0385. The molecule has 1 aromatic carbocycles. The van der Waals surface area contributed by atoms with Gasteiger partial charge in [0.25, 0.3) is 10.1 Å². The Labute approximate surface area is 131 Å². The molecule has 22 heavy (non-hydrogen) atoms. The summed E-state index contributed by atoms with van der Waals surface area (Å²) in [4.78, 5) is 0.0297. The molecule has 1 aromatic rings. The fourth-order valence-corrected chi connectivity index (χ4v) is 4.49. The number of fused-ring (bicyclic) bond motifs is 1. The van der Waals surface area contributed by atoms with E-state index in [1.807, 2.05) is 24.2 Å². The predicted octanol–water partition coefficient (Wildman–Crippen LogP) is 3.09. The second-order valence-electron chi connectivity index (χ2n) is 6.28. The van der Waals surface area contributed by atoms with Gasteiger partial charge in [0.1, 0.15) is 0 Å². The van der Waals surface area contributed by atoms with Gasteiger partial charge in [0.15, 0.2) is 0 Å². The first kappa shape index (κ1) is 15.5. The van der Waals surface area contributed by atoms with Gasteiger partial charge in [0, 0.05) is 18.3 Å². The van der Waals surface area contributed by atoms with Crippen molar-refractivity contribution < 1.29 is 13.0 Å². The van der Waals surface area contributed by atoms with Crippen LogP contribution in [0.3, 0.4) is 0 Å². The summed E-state index contributed by atoms with van der Waals surface area (Å²) in [5, 5.41) is 6.63. The van der Waals surface area contributed by atoms with E-state index < -0.39 is 15.7 Å². The van der Waals surface area contributed by atoms with Gasteiger partial charge in [-0.2, -0.15) is 13.5 Å². The molecule has 0 saturated carbocycles. The van der Waals surface area contributed by atoms with E-state index >= 15 is 0 Å². The summed E-state index contributed by atoms with van der Waals surface area (Å²) < 4.78 is 33.4. The zero-order valence-corrected chi connectivity index (χ0v) is 13.6. The highest BCUT2D eigenvalue weighted by atomic mass is 32.2. The molecule has 1 atom stereocenters. The highest BCUT2D eigenvalue weighted by molar-refractivity contribution is 7.85. The molecule has 5 nitrogen and oxygen atoms in total. The normalized spacial score (nSPS) is 25.6. The Morgan fingerprint density at radius 2 is 2.00 bits per heavy atom. The van der Waals surface area contributed by atoms with Gasteiger partial charge in [0.05, 0.1) is 10.4 Å². The van der Waals surface area contributed by atoms with Crippen molar-refractivity contribution in [2.75, 3.05) is 6.54 Å². The van der Waals surface area contributed by atoms with Crippen LogP contribution in [-0.2, 0) is 15.7 Å². The molecule has 0 bridgehead atoms. The van der Waals surface area contributed by atoms with Crippen LogP contribution in [-0.4, -0.2) is 30.7 Å². The number of aryl methyl sites for hydroxylation is 1. The molecule has 0 amide bonds. The fourth-order valence-electron chi connectivity index (χ4n) is 3.73. The number of hydrogen-bond acceptors (Lipinski definition) is 4.